The predicted molar refractivity (Wildman–Crippen MR) is 367 cm³/mol. The fraction of sp³-hybridized carbons (Fsp3) is 0.867. The molecule has 0 saturated carbocycles. The summed E-state index contributed by atoms with van der Waals surface area (Å²) in [6.07, 6.45) is 82.4. The molecular weight excluding hydrogens is 1070 g/mol. The lowest BCUT2D eigenvalue weighted by Gasteiger charge is -2.30. The maximum atomic E-state index is 13.6. The number of rotatable bonds is 68. The van der Waals surface area contributed by atoms with Crippen LogP contribution in [-0.4, -0.2) is 69.4 Å². The second kappa shape index (κ2) is 64.9. The lowest BCUT2D eigenvalue weighted by Crippen LogP contribution is -2.47. The van der Waals surface area contributed by atoms with Crippen LogP contribution in [0.3, 0.4) is 0 Å². The van der Waals surface area contributed by atoms with E-state index in [1.807, 2.05) is 33.3 Å². The number of nitrogens with one attached hydrogen (secondary N) is 1. The third-order valence-electron chi connectivity index (χ3n) is 16.8. The molecule has 0 saturated heterocycles. The molecule has 0 fully saturated rings. The molecule has 0 radical (unpaired) electrons. The van der Waals surface area contributed by atoms with Gasteiger partial charge < -0.3 is 28.5 Å². The van der Waals surface area contributed by atoms with Gasteiger partial charge in [-0.2, -0.15) is 0 Å². The lowest BCUT2D eigenvalue weighted by molar-refractivity contribution is -0.870. The minimum Gasteiger partial charge on any atom is -0.756 e. The number of allylic oxidation sites excluding steroid dienone is 7. The van der Waals surface area contributed by atoms with Crippen molar-refractivity contribution in [3.63, 3.8) is 0 Å². The fourth-order valence-corrected chi connectivity index (χ4v) is 11.8. The van der Waals surface area contributed by atoms with Gasteiger partial charge in [-0.25, -0.2) is 0 Å². The second-order valence-corrected chi connectivity index (χ2v) is 27.9. The summed E-state index contributed by atoms with van der Waals surface area (Å²) in [6, 6.07) is -0.888. The molecule has 9 nitrogen and oxygen atoms in total. The number of likely N-dealkylation sites (N-methyl/N-ethyl adjacent to an activating group) is 1. The van der Waals surface area contributed by atoms with Crippen LogP contribution < -0.4 is 10.2 Å². The van der Waals surface area contributed by atoms with Crippen LogP contribution in [0.5, 0.6) is 0 Å². The second-order valence-electron chi connectivity index (χ2n) is 26.5. The number of quaternary nitrogens is 1. The first-order valence-electron chi connectivity index (χ1n) is 36.9. The Labute approximate surface area is 529 Å². The molecule has 500 valence electrons. The van der Waals surface area contributed by atoms with E-state index in [0.717, 1.165) is 70.6 Å². The summed E-state index contributed by atoms with van der Waals surface area (Å²) < 4.78 is 30.5. The lowest BCUT2D eigenvalue weighted by atomic mass is 10.0. The van der Waals surface area contributed by atoms with E-state index in [2.05, 4.69) is 62.5 Å². The number of unbranched alkanes of at least 4 members (excludes halogenated alkanes) is 46. The smallest absolute Gasteiger partial charge is 0.306 e. The summed E-state index contributed by atoms with van der Waals surface area (Å²) in [5.41, 5.74) is 0. The third-order valence-corrected chi connectivity index (χ3v) is 17.7. The number of hydrogen-bond acceptors (Lipinski definition) is 7. The third kappa shape index (κ3) is 66.2. The molecule has 3 atom stereocenters. The summed E-state index contributed by atoms with van der Waals surface area (Å²) in [6.45, 7) is 6.87. The van der Waals surface area contributed by atoms with E-state index in [1.54, 1.807) is 0 Å². The van der Waals surface area contributed by atoms with E-state index in [-0.39, 0.29) is 31.5 Å². The molecule has 0 aromatic carbocycles. The molecule has 0 bridgehead atoms. The van der Waals surface area contributed by atoms with E-state index in [0.29, 0.717) is 17.4 Å². The molecule has 0 aromatic rings. The Balaban J connectivity index is 4.96. The Morgan fingerprint density at radius 1 is 0.412 bits per heavy atom. The number of esters is 1. The van der Waals surface area contributed by atoms with Gasteiger partial charge in [0.2, 0.25) is 5.91 Å². The van der Waals surface area contributed by atoms with E-state index >= 15 is 0 Å². The van der Waals surface area contributed by atoms with Gasteiger partial charge in [0.25, 0.3) is 7.82 Å². The van der Waals surface area contributed by atoms with Crippen molar-refractivity contribution < 1.29 is 37.3 Å². The molecule has 10 heteroatoms. The first kappa shape index (κ1) is 83.0. The topological polar surface area (TPSA) is 114 Å². The van der Waals surface area contributed by atoms with Crippen molar-refractivity contribution in [1.29, 1.82) is 0 Å². The highest BCUT2D eigenvalue weighted by atomic mass is 31.2. The summed E-state index contributed by atoms with van der Waals surface area (Å²) in [4.78, 5) is 40.2. The minimum absolute atomic E-state index is 0.0207. The Morgan fingerprint density at radius 2 is 0.718 bits per heavy atom. The Morgan fingerprint density at radius 3 is 1.09 bits per heavy atom. The van der Waals surface area contributed by atoms with E-state index < -0.39 is 20.0 Å². The quantitative estimate of drug-likeness (QED) is 0.0212. The number of phosphoric ester groups is 1. The van der Waals surface area contributed by atoms with Crippen LogP contribution in [0, 0.1) is 0 Å². The predicted octanol–water partition coefficient (Wildman–Crippen LogP) is 22.9. The molecule has 0 heterocycles. The van der Waals surface area contributed by atoms with Gasteiger partial charge in [-0.05, 0) is 70.3 Å². The van der Waals surface area contributed by atoms with Gasteiger partial charge in [-0.15, -0.1) is 0 Å². The zero-order chi connectivity index (χ0) is 62.1. The van der Waals surface area contributed by atoms with Gasteiger partial charge >= 0.3 is 5.97 Å². The average Bonchev–Trinajstić information content (AvgIpc) is 3.64. The molecule has 0 aliphatic carbocycles. The van der Waals surface area contributed by atoms with Gasteiger partial charge in [-0.3, -0.25) is 14.2 Å². The zero-order valence-electron chi connectivity index (χ0n) is 57.3. The minimum atomic E-state index is -4.70. The number of phosphoric acid groups is 1. The van der Waals surface area contributed by atoms with Crippen LogP contribution in [0.25, 0.3) is 0 Å². The maximum absolute atomic E-state index is 13.6. The highest BCUT2D eigenvalue weighted by Gasteiger charge is 2.27. The number of nitrogens with zero attached hydrogens (tertiary/aromatic N) is 1. The molecule has 0 rings (SSSR count). The first-order chi connectivity index (χ1) is 41.4. The van der Waals surface area contributed by atoms with Crippen LogP contribution >= 0.6 is 7.82 Å². The fourth-order valence-electron chi connectivity index (χ4n) is 11.1. The molecule has 0 aliphatic heterocycles. The molecule has 85 heavy (non-hydrogen) atoms. The van der Waals surface area contributed by atoms with E-state index in [4.69, 9.17) is 13.8 Å². The normalized spacial score (nSPS) is 13.7. The van der Waals surface area contributed by atoms with Crippen molar-refractivity contribution in [2.45, 2.75) is 380 Å². The van der Waals surface area contributed by atoms with Crippen molar-refractivity contribution in [1.82, 2.24) is 5.32 Å². The highest BCUT2D eigenvalue weighted by molar-refractivity contribution is 7.45. The van der Waals surface area contributed by atoms with Gasteiger partial charge in [0.15, 0.2) is 0 Å². The molecule has 1 amide bonds. The van der Waals surface area contributed by atoms with Crippen LogP contribution in [-0.2, 0) is 27.9 Å². The van der Waals surface area contributed by atoms with Crippen molar-refractivity contribution in [2.24, 2.45) is 0 Å². The van der Waals surface area contributed by atoms with Crippen molar-refractivity contribution in [3.05, 3.63) is 48.6 Å². The molecule has 3 unspecified atom stereocenters. The van der Waals surface area contributed by atoms with Crippen LogP contribution in [0.4, 0.5) is 0 Å². The summed E-state index contributed by atoms with van der Waals surface area (Å²) >= 11 is 0. The van der Waals surface area contributed by atoms with Crippen LogP contribution in [0.2, 0.25) is 0 Å². The maximum Gasteiger partial charge on any atom is 0.306 e. The molecule has 1 N–H and O–H groups in total. The SMILES string of the molecule is CCCCC/C=C\C/C=C\C/C=C\CCCCCCCCCCCCCCC(=O)NC(COP(=O)([O-])OCC[N+](C)(C)C)C(/C=C/CCCCCCCCCCC)OC(=O)CCCCCCCCCCCCCCCCCCCCCCCCC. The summed E-state index contributed by atoms with van der Waals surface area (Å²) in [5.74, 6) is -0.525. The molecule has 0 aliphatic rings. The standard InChI is InChI=1S/C75H143N2O7P/c1-7-10-13-16-19-22-25-27-29-31-33-35-37-38-40-41-43-45-47-49-52-55-58-61-64-67-74(78)76-72(71-83-85(80,81)82-70-69-77(4,5)6)73(66-63-60-57-54-51-24-21-18-15-12-9-3)84-75(79)68-65-62-59-56-53-50-48-46-44-42-39-36-34-32-30-28-26-23-20-17-14-11-8-2/h19,22,27,29,33,35,63,66,72-73H,7-18,20-21,23-26,28,30-32,34,36-62,64-65,67-71H2,1-6H3,(H-,76,78,80,81)/b22-19-,29-27-,35-33-,66-63+. The van der Waals surface area contributed by atoms with Gasteiger partial charge in [0.1, 0.15) is 19.3 Å². The summed E-state index contributed by atoms with van der Waals surface area (Å²) in [5, 5.41) is 3.05. The highest BCUT2D eigenvalue weighted by Crippen LogP contribution is 2.38. The van der Waals surface area contributed by atoms with Crippen LogP contribution in [0.15, 0.2) is 48.6 Å². The number of carbonyl (C=O) groups is 2. The van der Waals surface area contributed by atoms with Crippen molar-refractivity contribution in [2.75, 3.05) is 40.9 Å². The first-order valence-corrected chi connectivity index (χ1v) is 38.4. The molecule has 0 spiro atoms. The molecule has 0 aromatic heterocycles. The van der Waals surface area contributed by atoms with Gasteiger partial charge in [-0.1, -0.05) is 333 Å². The van der Waals surface area contributed by atoms with Gasteiger partial charge in [0.05, 0.1) is 33.8 Å². The number of carbonyl (C=O) groups excluding carboxylic acids is 2. The molecular formula is C75H143N2O7P. The number of hydrogen-bond donors (Lipinski definition) is 1. The number of ether oxygens (including phenoxy) is 1. The Bertz CT molecular complexity index is 1590. The van der Waals surface area contributed by atoms with Crippen molar-refractivity contribution >= 4 is 19.7 Å². The average molecular weight is 1220 g/mol. The largest absolute Gasteiger partial charge is 0.756 e. The Hall–Kier alpha value is -2.03. The number of amides is 1. The van der Waals surface area contributed by atoms with E-state index in [1.165, 1.54) is 263 Å². The zero-order valence-corrected chi connectivity index (χ0v) is 58.2. The van der Waals surface area contributed by atoms with E-state index in [9.17, 15) is 19.0 Å². The van der Waals surface area contributed by atoms with Gasteiger partial charge in [0, 0.05) is 12.8 Å². The Kier molecular flexibility index (Phi) is 63.4. The monoisotopic (exact) mass is 1220 g/mol. The summed E-state index contributed by atoms with van der Waals surface area (Å²) in [7, 11) is 1.20. The van der Waals surface area contributed by atoms with Crippen LogP contribution in [0.1, 0.15) is 367 Å². The van der Waals surface area contributed by atoms with Crippen molar-refractivity contribution in [3.8, 4) is 0 Å².